The maximum Gasteiger partial charge on any atom is 0.352 e. The van der Waals surface area contributed by atoms with Crippen molar-refractivity contribution < 1.29 is 44.5 Å². The number of carboxylic acids is 3. The molecule has 0 aliphatic rings. The van der Waals surface area contributed by atoms with Crippen molar-refractivity contribution in [2.24, 2.45) is 0 Å². The Bertz CT molecular complexity index is 1460. The number of aromatic amines is 1. The summed E-state index contributed by atoms with van der Waals surface area (Å²) in [7, 11) is 0. The normalized spacial score (nSPS) is 9.76. The number of nitro benzene ring substituents is 1. The van der Waals surface area contributed by atoms with E-state index in [1.807, 2.05) is 6.07 Å². The second-order valence-electron chi connectivity index (χ2n) is 8.18. The molecule has 1 aromatic heterocycles. The van der Waals surface area contributed by atoms with Gasteiger partial charge >= 0.3 is 17.9 Å². The zero-order valence-corrected chi connectivity index (χ0v) is 23.6. The Morgan fingerprint density at radius 3 is 2.12 bits per heavy atom. The number of aromatic nitrogens is 1. The first-order chi connectivity index (χ1) is 19.9. The highest BCUT2D eigenvalue weighted by Gasteiger charge is 2.16. The molecule has 14 nitrogen and oxygen atoms in total. The molecule has 2 aromatic carbocycles. The quantitative estimate of drug-likeness (QED) is 0.0705. The van der Waals surface area contributed by atoms with E-state index in [0.29, 0.717) is 24.9 Å². The summed E-state index contributed by atoms with van der Waals surface area (Å²) < 4.78 is 0.755. The van der Waals surface area contributed by atoms with Gasteiger partial charge in [0.05, 0.1) is 10.5 Å². The van der Waals surface area contributed by atoms with E-state index in [4.69, 9.17) is 20.4 Å². The minimum Gasteiger partial charge on any atom is -0.481 e. The van der Waals surface area contributed by atoms with Gasteiger partial charge in [0.2, 0.25) is 5.56 Å². The number of nitro groups is 1. The molecule has 0 aliphatic carbocycles. The molecular formula is C27H28BrN3O11. The van der Waals surface area contributed by atoms with Crippen LogP contribution in [-0.2, 0) is 4.79 Å². The second kappa shape index (κ2) is 18.5. The molecule has 0 atom stereocenters. The molecule has 42 heavy (non-hydrogen) atoms. The maximum absolute atomic E-state index is 11.6. The fourth-order valence-corrected chi connectivity index (χ4v) is 3.57. The van der Waals surface area contributed by atoms with Crippen LogP contribution in [0, 0.1) is 10.1 Å². The second-order valence-corrected chi connectivity index (χ2v) is 9.04. The van der Waals surface area contributed by atoms with Gasteiger partial charge in [-0.2, -0.15) is 0 Å². The number of aliphatic hydroxyl groups is 1. The van der Waals surface area contributed by atoms with Crippen LogP contribution in [-0.4, -0.2) is 67.2 Å². The van der Waals surface area contributed by atoms with Crippen LogP contribution in [0.2, 0.25) is 0 Å². The van der Waals surface area contributed by atoms with Crippen LogP contribution in [0.1, 0.15) is 56.9 Å². The average Bonchev–Trinajstić information content (AvgIpc) is 2.94. The first-order valence-electron chi connectivity index (χ1n) is 12.2. The van der Waals surface area contributed by atoms with E-state index in [1.54, 1.807) is 18.2 Å². The predicted octanol–water partition coefficient (Wildman–Crippen LogP) is 4.05. The number of anilines is 1. The first kappa shape index (κ1) is 35.1. The summed E-state index contributed by atoms with van der Waals surface area (Å²) in [5.74, 6) is -3.23. The molecule has 0 saturated heterocycles. The number of pyridine rings is 1. The smallest absolute Gasteiger partial charge is 0.352 e. The SMILES string of the molecule is O=C(O)CCCC(=O)c1ccccc1Br.O=C(O)c1ccc(NCCCO)c([N+](=O)[O-])c1.O=C(O)c1cccc(=O)[nH]1. The van der Waals surface area contributed by atoms with Gasteiger partial charge in [-0.15, -0.1) is 0 Å². The molecule has 1 heterocycles. The van der Waals surface area contributed by atoms with Crippen molar-refractivity contribution in [3.05, 3.63) is 102 Å². The topological polar surface area (TPSA) is 237 Å². The maximum atomic E-state index is 11.6. The fraction of sp³-hybridized carbons (Fsp3) is 0.222. The summed E-state index contributed by atoms with van der Waals surface area (Å²) in [5, 5.41) is 47.6. The van der Waals surface area contributed by atoms with Crippen molar-refractivity contribution in [3.63, 3.8) is 0 Å². The van der Waals surface area contributed by atoms with E-state index in [1.165, 1.54) is 30.3 Å². The molecule has 0 aliphatic heterocycles. The van der Waals surface area contributed by atoms with Gasteiger partial charge in [0, 0.05) is 48.2 Å². The highest BCUT2D eigenvalue weighted by Crippen LogP contribution is 2.25. The first-order valence-corrected chi connectivity index (χ1v) is 12.9. The van der Waals surface area contributed by atoms with Crippen molar-refractivity contribution in [1.82, 2.24) is 4.98 Å². The van der Waals surface area contributed by atoms with Crippen molar-refractivity contribution in [3.8, 4) is 0 Å². The van der Waals surface area contributed by atoms with Crippen LogP contribution in [0.15, 0.2) is 69.9 Å². The van der Waals surface area contributed by atoms with E-state index in [0.717, 1.165) is 10.5 Å². The molecule has 224 valence electrons. The van der Waals surface area contributed by atoms with Crippen LogP contribution >= 0.6 is 15.9 Å². The van der Waals surface area contributed by atoms with Gasteiger partial charge in [0.1, 0.15) is 11.4 Å². The van der Waals surface area contributed by atoms with Crippen LogP contribution in [0.25, 0.3) is 0 Å². The molecule has 0 saturated carbocycles. The standard InChI is InChI=1S/C11H11BrO3.C10H12N2O5.C6H5NO3/c12-9-5-2-1-4-8(9)10(13)6-3-7-11(14)15;13-5-1-4-11-8-3-2-7(10(14)15)6-9(8)12(16)17;8-5-3-1-2-4(7-5)6(9)10/h1-2,4-5H,3,6-7H2,(H,14,15);2-3,6,11,13H,1,4-5H2,(H,14,15);1-3H,(H,7,8)(H,9,10). The molecule has 0 fully saturated rings. The molecule has 0 radical (unpaired) electrons. The number of benzene rings is 2. The number of carbonyl (C=O) groups excluding carboxylic acids is 1. The van der Waals surface area contributed by atoms with Gasteiger partial charge in [-0.3, -0.25) is 24.5 Å². The van der Waals surface area contributed by atoms with E-state index in [9.17, 15) is 34.1 Å². The van der Waals surface area contributed by atoms with E-state index in [2.05, 4.69) is 26.2 Å². The molecule has 3 rings (SSSR count). The summed E-state index contributed by atoms with van der Waals surface area (Å²) in [6, 6.07) is 14.8. The van der Waals surface area contributed by atoms with Crippen molar-refractivity contribution >= 4 is 51.0 Å². The number of carboxylic acid groups (broad SMARTS) is 3. The number of aromatic carboxylic acids is 2. The number of nitrogens with zero attached hydrogens (tertiary/aromatic N) is 1. The lowest BCUT2D eigenvalue weighted by atomic mass is 10.1. The van der Waals surface area contributed by atoms with Gasteiger partial charge in [-0.25, -0.2) is 9.59 Å². The number of hydrogen-bond acceptors (Lipinski definition) is 9. The third kappa shape index (κ3) is 13.0. The van der Waals surface area contributed by atoms with Crippen molar-refractivity contribution in [2.45, 2.75) is 25.7 Å². The lowest BCUT2D eigenvalue weighted by molar-refractivity contribution is -0.384. The Balaban J connectivity index is 0.000000325. The van der Waals surface area contributed by atoms with Crippen LogP contribution in [0.4, 0.5) is 11.4 Å². The Morgan fingerprint density at radius 2 is 1.60 bits per heavy atom. The van der Waals surface area contributed by atoms with Gasteiger partial charge in [0.25, 0.3) is 5.69 Å². The van der Waals surface area contributed by atoms with Crippen LogP contribution in [0.5, 0.6) is 0 Å². The number of H-pyrrole nitrogens is 1. The third-order valence-electron chi connectivity index (χ3n) is 5.06. The minimum atomic E-state index is -1.21. The Hall–Kier alpha value is -4.89. The summed E-state index contributed by atoms with van der Waals surface area (Å²) in [5.41, 5.74) is -0.0593. The molecule has 0 amide bonds. The number of ketones is 1. The lowest BCUT2D eigenvalue weighted by Crippen LogP contribution is -2.10. The summed E-state index contributed by atoms with van der Waals surface area (Å²) in [4.78, 5) is 65.5. The molecule has 3 aromatic rings. The number of nitrogens with one attached hydrogen (secondary N) is 2. The lowest BCUT2D eigenvalue weighted by Gasteiger charge is -2.06. The summed E-state index contributed by atoms with van der Waals surface area (Å²) in [6.07, 6.45) is 1.15. The highest BCUT2D eigenvalue weighted by atomic mass is 79.9. The number of Topliss-reactive ketones (excluding diaryl/α,β-unsaturated/α-hetero) is 1. The Labute approximate surface area is 246 Å². The predicted molar refractivity (Wildman–Crippen MR) is 154 cm³/mol. The zero-order valence-electron chi connectivity index (χ0n) is 22.0. The molecule has 0 unspecified atom stereocenters. The Kier molecular flexibility index (Phi) is 15.4. The third-order valence-corrected chi connectivity index (χ3v) is 5.75. The average molecular weight is 650 g/mol. The van der Waals surface area contributed by atoms with Crippen molar-refractivity contribution in [1.29, 1.82) is 0 Å². The monoisotopic (exact) mass is 649 g/mol. The largest absolute Gasteiger partial charge is 0.481 e. The number of rotatable bonds is 12. The van der Waals surface area contributed by atoms with Crippen LogP contribution in [0.3, 0.4) is 0 Å². The van der Waals surface area contributed by atoms with E-state index in [-0.39, 0.29) is 47.9 Å². The minimum absolute atomic E-state index is 0.0198. The molecule has 6 N–H and O–H groups in total. The van der Waals surface area contributed by atoms with E-state index < -0.39 is 28.4 Å². The molecule has 15 heteroatoms. The number of aliphatic carboxylic acids is 1. The van der Waals surface area contributed by atoms with Gasteiger partial charge in [-0.1, -0.05) is 40.2 Å². The number of halogens is 1. The fourth-order valence-electron chi connectivity index (χ4n) is 3.06. The molecule has 0 bridgehead atoms. The number of hydrogen-bond donors (Lipinski definition) is 6. The molecule has 0 spiro atoms. The van der Waals surface area contributed by atoms with Crippen LogP contribution < -0.4 is 10.9 Å². The van der Waals surface area contributed by atoms with Crippen molar-refractivity contribution in [2.75, 3.05) is 18.5 Å². The highest BCUT2D eigenvalue weighted by molar-refractivity contribution is 9.10. The zero-order chi connectivity index (χ0) is 31.7. The van der Waals surface area contributed by atoms with E-state index >= 15 is 0 Å². The number of carbonyl (C=O) groups is 4. The molecular weight excluding hydrogens is 622 g/mol. The summed E-state index contributed by atoms with van der Waals surface area (Å²) >= 11 is 3.28. The van der Waals surface area contributed by atoms with Gasteiger partial charge in [-0.05, 0) is 37.1 Å². The van der Waals surface area contributed by atoms with Gasteiger partial charge in [0.15, 0.2) is 5.78 Å². The Morgan fingerprint density at radius 1 is 0.905 bits per heavy atom. The number of aliphatic hydroxyl groups excluding tert-OH is 1. The van der Waals surface area contributed by atoms with Gasteiger partial charge < -0.3 is 30.7 Å². The summed E-state index contributed by atoms with van der Waals surface area (Å²) in [6.45, 7) is 0.359.